The Morgan fingerprint density at radius 2 is 1.86 bits per heavy atom. The lowest BCUT2D eigenvalue weighted by molar-refractivity contribution is 0.305. The van der Waals surface area contributed by atoms with Crippen molar-refractivity contribution in [3.8, 4) is 17.4 Å². The first-order valence-electron chi connectivity index (χ1n) is 9.05. The second-order valence-electron chi connectivity index (χ2n) is 5.74. The van der Waals surface area contributed by atoms with Crippen LogP contribution in [0.3, 0.4) is 0 Å². The van der Waals surface area contributed by atoms with Crippen LogP contribution in [0.4, 0.5) is 5.69 Å². The third-order valence-electron chi connectivity index (χ3n) is 3.66. The van der Waals surface area contributed by atoms with Crippen molar-refractivity contribution in [1.29, 1.82) is 0 Å². The molecule has 1 aromatic heterocycles. The number of hydrogen-bond acceptors (Lipinski definition) is 5. The highest BCUT2D eigenvalue weighted by atomic mass is 127. The molecule has 154 valence electrons. The van der Waals surface area contributed by atoms with Gasteiger partial charge in [0.1, 0.15) is 0 Å². The Kier molecular flexibility index (Phi) is 11.1. The summed E-state index contributed by atoms with van der Waals surface area (Å²) in [5.41, 5.74) is 1.86. The molecule has 1 heterocycles. The van der Waals surface area contributed by atoms with Crippen molar-refractivity contribution in [2.45, 2.75) is 26.8 Å². The minimum Gasteiger partial charge on any atom is -0.493 e. The summed E-state index contributed by atoms with van der Waals surface area (Å²) in [5, 5.41) is 6.50. The number of methoxy groups -OCH3 is 2. The second kappa shape index (κ2) is 13.0. The maximum absolute atomic E-state index is 5.50. The van der Waals surface area contributed by atoms with Gasteiger partial charge in [-0.15, -0.1) is 24.0 Å². The topological polar surface area (TPSA) is 77.0 Å². The Morgan fingerprint density at radius 1 is 1.07 bits per heavy atom. The summed E-state index contributed by atoms with van der Waals surface area (Å²) in [6, 6.07) is 9.48. The van der Waals surface area contributed by atoms with Gasteiger partial charge in [-0.2, -0.15) is 0 Å². The van der Waals surface area contributed by atoms with Crippen LogP contribution in [0.1, 0.15) is 25.8 Å². The maximum Gasteiger partial charge on any atom is 0.213 e. The van der Waals surface area contributed by atoms with Crippen LogP contribution in [-0.2, 0) is 6.54 Å². The molecule has 0 aliphatic carbocycles. The van der Waals surface area contributed by atoms with Crippen molar-refractivity contribution < 1.29 is 14.2 Å². The summed E-state index contributed by atoms with van der Waals surface area (Å²) in [6.45, 7) is 6.01. The molecule has 0 spiro atoms. The highest BCUT2D eigenvalue weighted by molar-refractivity contribution is 14.0. The number of guanidine groups is 1. The van der Waals surface area contributed by atoms with Crippen molar-refractivity contribution in [2.75, 3.05) is 32.7 Å². The molecule has 0 saturated carbocycles. The Bertz CT molecular complexity index is 739. The molecule has 2 N–H and O–H groups in total. The van der Waals surface area contributed by atoms with Crippen LogP contribution in [0.15, 0.2) is 41.5 Å². The van der Waals surface area contributed by atoms with E-state index in [4.69, 9.17) is 14.2 Å². The molecule has 2 aromatic rings. The van der Waals surface area contributed by atoms with Crippen molar-refractivity contribution in [3.63, 3.8) is 0 Å². The first kappa shape index (κ1) is 23.8. The number of benzene rings is 1. The van der Waals surface area contributed by atoms with Crippen LogP contribution in [0, 0.1) is 0 Å². The van der Waals surface area contributed by atoms with Crippen LogP contribution in [0.25, 0.3) is 0 Å². The van der Waals surface area contributed by atoms with Crippen molar-refractivity contribution in [3.05, 3.63) is 42.1 Å². The lowest BCUT2D eigenvalue weighted by Crippen LogP contribution is -2.30. The third-order valence-corrected chi connectivity index (χ3v) is 3.66. The number of pyridine rings is 1. The van der Waals surface area contributed by atoms with E-state index in [2.05, 4.69) is 27.5 Å². The highest BCUT2D eigenvalue weighted by Crippen LogP contribution is 2.29. The van der Waals surface area contributed by atoms with E-state index in [0.717, 1.165) is 24.2 Å². The minimum atomic E-state index is 0. The number of nitrogens with one attached hydrogen (secondary N) is 2. The average molecular weight is 500 g/mol. The van der Waals surface area contributed by atoms with Gasteiger partial charge in [-0.05, 0) is 31.0 Å². The molecule has 8 heteroatoms. The van der Waals surface area contributed by atoms with Gasteiger partial charge in [-0.3, -0.25) is 0 Å². The highest BCUT2D eigenvalue weighted by Gasteiger charge is 2.06. The van der Waals surface area contributed by atoms with E-state index in [1.54, 1.807) is 20.4 Å². The van der Waals surface area contributed by atoms with E-state index in [-0.39, 0.29) is 24.0 Å². The molecule has 0 unspecified atom stereocenters. The van der Waals surface area contributed by atoms with Crippen LogP contribution >= 0.6 is 24.0 Å². The predicted molar refractivity (Wildman–Crippen MR) is 123 cm³/mol. The number of rotatable bonds is 9. The van der Waals surface area contributed by atoms with E-state index >= 15 is 0 Å². The second-order valence-corrected chi connectivity index (χ2v) is 5.74. The maximum atomic E-state index is 5.50. The number of aromatic nitrogens is 1. The zero-order chi connectivity index (χ0) is 19.5. The Hall–Kier alpha value is -2.23. The molecular formula is C20H29IN4O3. The van der Waals surface area contributed by atoms with Gasteiger partial charge in [0.05, 0.1) is 27.4 Å². The predicted octanol–water partition coefficient (Wildman–Crippen LogP) is 4.08. The van der Waals surface area contributed by atoms with Gasteiger partial charge in [0, 0.05) is 30.6 Å². The van der Waals surface area contributed by atoms with Gasteiger partial charge in [0.15, 0.2) is 17.5 Å². The van der Waals surface area contributed by atoms with E-state index < -0.39 is 0 Å². The fourth-order valence-electron chi connectivity index (χ4n) is 2.32. The summed E-state index contributed by atoms with van der Waals surface area (Å²) in [5.74, 6) is 2.66. The molecule has 28 heavy (non-hydrogen) atoms. The van der Waals surface area contributed by atoms with E-state index in [1.807, 2.05) is 37.3 Å². The van der Waals surface area contributed by atoms with Gasteiger partial charge < -0.3 is 24.8 Å². The molecule has 0 amide bonds. The minimum absolute atomic E-state index is 0. The Labute approximate surface area is 183 Å². The van der Waals surface area contributed by atoms with E-state index in [0.29, 0.717) is 36.5 Å². The van der Waals surface area contributed by atoms with Gasteiger partial charge in [0.25, 0.3) is 0 Å². The molecule has 2 rings (SSSR count). The Balaban J connectivity index is 0.00000392. The molecule has 0 radical (unpaired) electrons. The molecular weight excluding hydrogens is 471 g/mol. The average Bonchev–Trinajstić information content (AvgIpc) is 2.71. The van der Waals surface area contributed by atoms with Crippen molar-refractivity contribution >= 4 is 35.6 Å². The summed E-state index contributed by atoms with van der Waals surface area (Å²) < 4.78 is 16.1. The fourth-order valence-corrected chi connectivity index (χ4v) is 2.32. The molecule has 0 fully saturated rings. The molecule has 0 aliphatic heterocycles. The third kappa shape index (κ3) is 7.41. The fraction of sp³-hybridized carbons (Fsp3) is 0.400. The smallest absolute Gasteiger partial charge is 0.213 e. The molecule has 0 aliphatic rings. The van der Waals surface area contributed by atoms with Gasteiger partial charge in [-0.25, -0.2) is 9.98 Å². The number of anilines is 1. The summed E-state index contributed by atoms with van der Waals surface area (Å²) in [6.07, 6.45) is 2.75. The van der Waals surface area contributed by atoms with E-state index in [9.17, 15) is 0 Å². The van der Waals surface area contributed by atoms with Crippen LogP contribution in [0.5, 0.6) is 17.4 Å². The van der Waals surface area contributed by atoms with Crippen LogP contribution < -0.4 is 24.8 Å². The number of aliphatic imine (C=N–C) groups is 1. The first-order chi connectivity index (χ1) is 13.2. The number of ether oxygens (including phenoxy) is 3. The number of halogens is 1. The normalized spacial score (nSPS) is 10.6. The lowest BCUT2D eigenvalue weighted by atomic mass is 10.2. The van der Waals surface area contributed by atoms with Crippen LogP contribution in [0.2, 0.25) is 0 Å². The largest absolute Gasteiger partial charge is 0.493 e. The first-order valence-corrected chi connectivity index (χ1v) is 9.05. The molecule has 7 nitrogen and oxygen atoms in total. The molecule has 0 saturated heterocycles. The summed E-state index contributed by atoms with van der Waals surface area (Å²) in [7, 11) is 3.23. The Morgan fingerprint density at radius 3 is 2.46 bits per heavy atom. The van der Waals surface area contributed by atoms with Crippen molar-refractivity contribution in [1.82, 2.24) is 10.3 Å². The zero-order valence-corrected chi connectivity index (χ0v) is 19.2. The van der Waals surface area contributed by atoms with Crippen molar-refractivity contribution in [2.24, 2.45) is 4.99 Å². The zero-order valence-electron chi connectivity index (χ0n) is 16.8. The van der Waals surface area contributed by atoms with Gasteiger partial charge in [-0.1, -0.05) is 13.0 Å². The summed E-state index contributed by atoms with van der Waals surface area (Å²) in [4.78, 5) is 8.91. The number of hydrogen-bond donors (Lipinski definition) is 2. The lowest BCUT2D eigenvalue weighted by Gasteiger charge is -2.14. The standard InChI is InChI=1S/C20H28N4O3.HI/c1-5-11-27-19-10-7-15(13-22-19)14-23-20(21-6-2)24-16-8-9-17(25-3)18(12-16)26-4;/h7-10,12-13H,5-6,11,14H2,1-4H3,(H2,21,23,24);1H. The molecule has 1 aromatic carbocycles. The van der Waals surface area contributed by atoms with E-state index in [1.165, 1.54) is 0 Å². The number of nitrogens with zero attached hydrogens (tertiary/aromatic N) is 2. The van der Waals surface area contributed by atoms with Crippen LogP contribution in [-0.4, -0.2) is 38.3 Å². The van der Waals surface area contributed by atoms with Gasteiger partial charge >= 0.3 is 0 Å². The van der Waals surface area contributed by atoms with Gasteiger partial charge in [0.2, 0.25) is 5.88 Å². The molecule has 0 atom stereocenters. The SMILES string of the molecule is CCCOc1ccc(CN=C(NCC)Nc2ccc(OC)c(OC)c2)cn1.I. The monoisotopic (exact) mass is 500 g/mol. The molecule has 0 bridgehead atoms. The summed E-state index contributed by atoms with van der Waals surface area (Å²) >= 11 is 0. The quantitative estimate of drug-likeness (QED) is 0.307.